The summed E-state index contributed by atoms with van der Waals surface area (Å²) in [7, 11) is 1.78. The number of imidazole rings is 1. The molecule has 76 valence electrons. The quantitative estimate of drug-likeness (QED) is 0.719. The molecule has 0 atom stereocenters. The van der Waals surface area contributed by atoms with Crippen LogP contribution in [0.5, 0.6) is 0 Å². The number of halogens is 2. The molecule has 0 unspecified atom stereocenters. The Morgan fingerprint density at radius 1 is 1.47 bits per heavy atom. The monoisotopic (exact) mass is 207 g/mol. The third-order valence-corrected chi connectivity index (χ3v) is 2.23. The molecular weight excluding hydrogens is 200 g/mol. The van der Waals surface area contributed by atoms with Crippen LogP contribution in [-0.4, -0.2) is 9.55 Å². The van der Waals surface area contributed by atoms with Crippen LogP contribution in [0.3, 0.4) is 0 Å². The van der Waals surface area contributed by atoms with Crippen LogP contribution in [0.1, 0.15) is 5.56 Å². The summed E-state index contributed by atoms with van der Waals surface area (Å²) in [5.74, 6) is -3.45. The summed E-state index contributed by atoms with van der Waals surface area (Å²) in [6, 6.07) is 4.97. The molecule has 1 aromatic carbocycles. The predicted molar refractivity (Wildman–Crippen MR) is 50.2 cm³/mol. The lowest BCUT2D eigenvalue weighted by Gasteiger charge is -2.06. The molecule has 0 aliphatic rings. The van der Waals surface area contributed by atoms with E-state index in [0.717, 1.165) is 11.6 Å². The number of alkyl halides is 2. The van der Waals surface area contributed by atoms with E-state index in [-0.39, 0.29) is 5.56 Å². The SMILES string of the molecule is Cn1cnc2cc(C(F)(F)C#N)ccc21. The molecule has 5 heteroatoms. The molecule has 0 radical (unpaired) electrons. The molecule has 1 aromatic heterocycles. The summed E-state index contributed by atoms with van der Waals surface area (Å²) in [5, 5.41) is 8.30. The van der Waals surface area contributed by atoms with Crippen LogP contribution in [0, 0.1) is 11.3 Å². The number of hydrogen-bond acceptors (Lipinski definition) is 2. The first-order chi connectivity index (χ1) is 7.04. The Labute approximate surface area is 84.6 Å². The van der Waals surface area contributed by atoms with E-state index in [1.54, 1.807) is 17.9 Å². The van der Waals surface area contributed by atoms with Crippen LogP contribution in [0.2, 0.25) is 0 Å². The molecule has 3 nitrogen and oxygen atoms in total. The highest BCUT2D eigenvalue weighted by Gasteiger charge is 2.31. The van der Waals surface area contributed by atoms with Gasteiger partial charge in [0.15, 0.2) is 0 Å². The largest absolute Gasteiger partial charge is 0.357 e. The van der Waals surface area contributed by atoms with Gasteiger partial charge in [-0.1, -0.05) is 0 Å². The number of hydrogen-bond donors (Lipinski definition) is 0. The van der Waals surface area contributed by atoms with Gasteiger partial charge in [0.2, 0.25) is 0 Å². The average molecular weight is 207 g/mol. The molecule has 0 fully saturated rings. The molecule has 0 aliphatic carbocycles. The standard InChI is InChI=1S/C10H7F2N3/c1-15-6-14-8-4-7(2-3-9(8)15)10(11,12)5-13/h2-4,6H,1H3. The van der Waals surface area contributed by atoms with Gasteiger partial charge in [-0.2, -0.15) is 14.0 Å². The molecule has 0 amide bonds. The van der Waals surface area contributed by atoms with Crippen molar-refractivity contribution in [2.75, 3.05) is 0 Å². The van der Waals surface area contributed by atoms with Crippen molar-refractivity contribution in [3.8, 4) is 6.07 Å². The third kappa shape index (κ3) is 1.44. The van der Waals surface area contributed by atoms with E-state index in [0.29, 0.717) is 5.52 Å². The molecule has 2 aromatic rings. The van der Waals surface area contributed by atoms with Gasteiger partial charge in [-0.3, -0.25) is 0 Å². The van der Waals surface area contributed by atoms with Crippen LogP contribution >= 0.6 is 0 Å². The van der Waals surface area contributed by atoms with E-state index < -0.39 is 5.92 Å². The van der Waals surface area contributed by atoms with Crippen molar-refractivity contribution in [1.29, 1.82) is 5.26 Å². The van der Waals surface area contributed by atoms with E-state index in [9.17, 15) is 8.78 Å². The summed E-state index contributed by atoms with van der Waals surface area (Å²) in [4.78, 5) is 3.95. The maximum Gasteiger partial charge on any atom is 0.357 e. The maximum atomic E-state index is 13.0. The highest BCUT2D eigenvalue weighted by molar-refractivity contribution is 5.76. The second-order valence-electron chi connectivity index (χ2n) is 3.25. The Bertz CT molecular complexity index is 551. The number of fused-ring (bicyclic) bond motifs is 1. The van der Waals surface area contributed by atoms with Gasteiger partial charge in [0.05, 0.1) is 17.4 Å². The van der Waals surface area contributed by atoms with Crippen molar-refractivity contribution in [2.24, 2.45) is 7.05 Å². The normalized spacial score (nSPS) is 11.6. The number of benzene rings is 1. The van der Waals surface area contributed by atoms with Crippen molar-refractivity contribution >= 4 is 11.0 Å². The van der Waals surface area contributed by atoms with Crippen molar-refractivity contribution < 1.29 is 8.78 Å². The number of nitriles is 1. The zero-order chi connectivity index (χ0) is 11.1. The number of aromatic nitrogens is 2. The Morgan fingerprint density at radius 2 is 2.20 bits per heavy atom. The minimum absolute atomic E-state index is 0.323. The smallest absolute Gasteiger partial charge is 0.334 e. The van der Waals surface area contributed by atoms with Gasteiger partial charge < -0.3 is 4.57 Å². The van der Waals surface area contributed by atoms with Gasteiger partial charge >= 0.3 is 5.92 Å². The van der Waals surface area contributed by atoms with Crippen LogP contribution in [-0.2, 0) is 13.0 Å². The summed E-state index contributed by atoms with van der Waals surface area (Å²) >= 11 is 0. The van der Waals surface area contributed by atoms with E-state index in [4.69, 9.17) is 5.26 Å². The minimum Gasteiger partial charge on any atom is -0.334 e. The highest BCUT2D eigenvalue weighted by Crippen LogP contribution is 2.28. The molecule has 0 saturated heterocycles. The van der Waals surface area contributed by atoms with Gasteiger partial charge in [-0.05, 0) is 18.2 Å². The maximum absolute atomic E-state index is 13.0. The van der Waals surface area contributed by atoms with E-state index in [1.807, 2.05) is 0 Å². The fraction of sp³-hybridized carbons (Fsp3) is 0.200. The number of rotatable bonds is 1. The lowest BCUT2D eigenvalue weighted by molar-refractivity contribution is 0.0614. The first kappa shape index (κ1) is 9.59. The van der Waals surface area contributed by atoms with Crippen LogP contribution < -0.4 is 0 Å². The molecule has 1 heterocycles. The lowest BCUT2D eigenvalue weighted by atomic mass is 10.1. The first-order valence-electron chi connectivity index (χ1n) is 4.25. The minimum atomic E-state index is -3.45. The first-order valence-corrected chi connectivity index (χ1v) is 4.25. The fourth-order valence-corrected chi connectivity index (χ4v) is 1.40. The average Bonchev–Trinajstić information content (AvgIpc) is 2.60. The Hall–Kier alpha value is -1.96. The van der Waals surface area contributed by atoms with Gasteiger partial charge in [0, 0.05) is 12.6 Å². The molecule has 0 bridgehead atoms. The third-order valence-electron chi connectivity index (χ3n) is 2.23. The Morgan fingerprint density at radius 3 is 2.87 bits per heavy atom. The molecule has 15 heavy (non-hydrogen) atoms. The van der Waals surface area contributed by atoms with E-state index in [1.165, 1.54) is 18.2 Å². The Kier molecular flexibility index (Phi) is 1.93. The van der Waals surface area contributed by atoms with Gasteiger partial charge in [0.25, 0.3) is 0 Å². The molecule has 2 rings (SSSR count). The van der Waals surface area contributed by atoms with Crippen molar-refractivity contribution in [3.05, 3.63) is 30.1 Å². The van der Waals surface area contributed by atoms with E-state index in [2.05, 4.69) is 4.98 Å². The second kappa shape index (κ2) is 3.02. The molecule has 0 aliphatic heterocycles. The predicted octanol–water partition coefficient (Wildman–Crippen LogP) is 2.19. The van der Waals surface area contributed by atoms with Crippen LogP contribution in [0.15, 0.2) is 24.5 Å². The van der Waals surface area contributed by atoms with Crippen LogP contribution in [0.4, 0.5) is 8.78 Å². The summed E-state index contributed by atoms with van der Waals surface area (Å²) in [6.07, 6.45) is 1.54. The van der Waals surface area contributed by atoms with Gasteiger partial charge in [-0.25, -0.2) is 4.98 Å². The van der Waals surface area contributed by atoms with Crippen molar-refractivity contribution in [3.63, 3.8) is 0 Å². The lowest BCUT2D eigenvalue weighted by Crippen LogP contribution is -2.09. The molecule has 0 N–H and O–H groups in total. The van der Waals surface area contributed by atoms with E-state index >= 15 is 0 Å². The van der Waals surface area contributed by atoms with Gasteiger partial charge in [0.1, 0.15) is 6.07 Å². The van der Waals surface area contributed by atoms with Crippen LogP contribution in [0.25, 0.3) is 11.0 Å². The second-order valence-corrected chi connectivity index (χ2v) is 3.25. The summed E-state index contributed by atoms with van der Waals surface area (Å²) in [6.45, 7) is 0. The van der Waals surface area contributed by atoms with Crippen molar-refractivity contribution in [1.82, 2.24) is 9.55 Å². The Balaban J connectivity index is 2.63. The zero-order valence-electron chi connectivity index (χ0n) is 7.91. The molecular formula is C10H7F2N3. The topological polar surface area (TPSA) is 41.6 Å². The zero-order valence-corrected chi connectivity index (χ0v) is 7.91. The van der Waals surface area contributed by atoms with Crippen molar-refractivity contribution in [2.45, 2.75) is 5.92 Å². The molecule has 0 spiro atoms. The summed E-state index contributed by atoms with van der Waals surface area (Å²) < 4.78 is 27.8. The highest BCUT2D eigenvalue weighted by atomic mass is 19.3. The fourth-order valence-electron chi connectivity index (χ4n) is 1.40. The number of nitrogens with zero attached hydrogens (tertiary/aromatic N) is 3. The summed E-state index contributed by atoms with van der Waals surface area (Å²) in [5.41, 5.74) is 0.897. The van der Waals surface area contributed by atoms with Gasteiger partial charge in [-0.15, -0.1) is 0 Å². The molecule has 0 saturated carbocycles. The number of aryl methyl sites for hydroxylation is 1.